The van der Waals surface area contributed by atoms with Gasteiger partial charge in [-0.05, 0) is 38.1 Å². The maximum absolute atomic E-state index is 5.82. The zero-order chi connectivity index (χ0) is 10.7. The third kappa shape index (κ3) is 2.71. The summed E-state index contributed by atoms with van der Waals surface area (Å²) in [6, 6.07) is 0.595. The second-order valence-electron chi connectivity index (χ2n) is 5.11. The van der Waals surface area contributed by atoms with E-state index in [-0.39, 0.29) is 0 Å². The molecule has 0 spiro atoms. The first-order chi connectivity index (χ1) is 7.31. The fourth-order valence-corrected chi connectivity index (χ4v) is 3.00. The highest BCUT2D eigenvalue weighted by molar-refractivity contribution is 4.83. The van der Waals surface area contributed by atoms with Crippen molar-refractivity contribution in [3.05, 3.63) is 0 Å². The van der Waals surface area contributed by atoms with Crippen molar-refractivity contribution in [2.24, 2.45) is 17.6 Å². The molecule has 1 saturated carbocycles. The summed E-state index contributed by atoms with van der Waals surface area (Å²) in [5.74, 6) is 1.62. The normalized spacial score (nSPS) is 38.4. The quantitative estimate of drug-likeness (QED) is 0.761. The Morgan fingerprint density at radius 3 is 2.87 bits per heavy atom. The van der Waals surface area contributed by atoms with E-state index >= 15 is 0 Å². The molecule has 3 heteroatoms. The fourth-order valence-electron chi connectivity index (χ4n) is 3.00. The van der Waals surface area contributed by atoms with Crippen molar-refractivity contribution < 1.29 is 4.74 Å². The number of nitrogens with zero attached hydrogens (tertiary/aromatic N) is 1. The Morgan fingerprint density at radius 1 is 1.33 bits per heavy atom. The summed E-state index contributed by atoms with van der Waals surface area (Å²) >= 11 is 0. The standard InChI is InChI=1S/C12H24N2O/c1-10-9-15-6-5-14(10)8-12-4-2-3-11(12)7-13/h10-12H,2-9,13H2,1H3. The van der Waals surface area contributed by atoms with Crippen molar-refractivity contribution in [3.8, 4) is 0 Å². The number of nitrogens with two attached hydrogens (primary N) is 1. The first kappa shape index (κ1) is 11.4. The van der Waals surface area contributed by atoms with Gasteiger partial charge < -0.3 is 10.5 Å². The average molecular weight is 212 g/mol. The van der Waals surface area contributed by atoms with E-state index in [1.165, 1.54) is 25.8 Å². The Hall–Kier alpha value is -0.120. The molecule has 0 amide bonds. The number of hydrogen-bond donors (Lipinski definition) is 1. The smallest absolute Gasteiger partial charge is 0.0619 e. The molecule has 0 radical (unpaired) electrons. The van der Waals surface area contributed by atoms with E-state index in [4.69, 9.17) is 10.5 Å². The maximum Gasteiger partial charge on any atom is 0.0619 e. The van der Waals surface area contributed by atoms with Gasteiger partial charge in [0, 0.05) is 19.1 Å². The molecule has 2 aliphatic rings. The molecule has 0 aromatic carbocycles. The van der Waals surface area contributed by atoms with Crippen LogP contribution in [-0.4, -0.2) is 43.8 Å². The van der Waals surface area contributed by atoms with Crippen molar-refractivity contribution >= 4 is 0 Å². The van der Waals surface area contributed by atoms with E-state index in [2.05, 4.69) is 11.8 Å². The molecule has 1 aliphatic heterocycles. The van der Waals surface area contributed by atoms with E-state index in [0.717, 1.165) is 38.1 Å². The summed E-state index contributed by atoms with van der Waals surface area (Å²) in [5, 5.41) is 0. The summed E-state index contributed by atoms with van der Waals surface area (Å²) in [7, 11) is 0. The summed E-state index contributed by atoms with van der Waals surface area (Å²) < 4.78 is 5.46. The minimum absolute atomic E-state index is 0.595. The van der Waals surface area contributed by atoms with Crippen molar-refractivity contribution in [1.82, 2.24) is 4.90 Å². The van der Waals surface area contributed by atoms with Gasteiger partial charge in [-0.15, -0.1) is 0 Å². The van der Waals surface area contributed by atoms with E-state index in [1.54, 1.807) is 0 Å². The summed E-state index contributed by atoms with van der Waals surface area (Å²) in [6.45, 7) is 7.31. The lowest BCUT2D eigenvalue weighted by atomic mass is 9.95. The van der Waals surface area contributed by atoms with Crippen molar-refractivity contribution in [2.75, 3.05) is 32.8 Å². The first-order valence-corrected chi connectivity index (χ1v) is 6.33. The highest BCUT2D eigenvalue weighted by Gasteiger charge is 2.29. The van der Waals surface area contributed by atoms with Crippen LogP contribution in [0, 0.1) is 11.8 Å². The number of morpholine rings is 1. The van der Waals surface area contributed by atoms with E-state index in [1.807, 2.05) is 0 Å². The highest BCUT2D eigenvalue weighted by Crippen LogP contribution is 2.32. The van der Waals surface area contributed by atoms with Gasteiger partial charge in [-0.2, -0.15) is 0 Å². The first-order valence-electron chi connectivity index (χ1n) is 6.33. The Kier molecular flexibility index (Phi) is 4.00. The lowest BCUT2D eigenvalue weighted by molar-refractivity contribution is -0.00950. The van der Waals surface area contributed by atoms with Crippen LogP contribution in [0.4, 0.5) is 0 Å². The molecule has 1 heterocycles. The van der Waals surface area contributed by atoms with Gasteiger partial charge in [0.1, 0.15) is 0 Å². The molecular formula is C12H24N2O. The Morgan fingerprint density at radius 2 is 2.13 bits per heavy atom. The molecule has 1 saturated heterocycles. The van der Waals surface area contributed by atoms with Crippen LogP contribution >= 0.6 is 0 Å². The largest absolute Gasteiger partial charge is 0.379 e. The third-order valence-electron chi connectivity index (χ3n) is 4.09. The zero-order valence-electron chi connectivity index (χ0n) is 9.82. The molecule has 2 N–H and O–H groups in total. The van der Waals surface area contributed by atoms with Crippen LogP contribution < -0.4 is 5.73 Å². The molecule has 0 bridgehead atoms. The van der Waals surface area contributed by atoms with Crippen LogP contribution in [0.5, 0.6) is 0 Å². The third-order valence-corrected chi connectivity index (χ3v) is 4.09. The van der Waals surface area contributed by atoms with Gasteiger partial charge in [0.05, 0.1) is 13.2 Å². The van der Waals surface area contributed by atoms with Crippen LogP contribution in [-0.2, 0) is 4.74 Å². The van der Waals surface area contributed by atoms with Gasteiger partial charge >= 0.3 is 0 Å². The molecule has 0 aromatic rings. The van der Waals surface area contributed by atoms with Crippen LogP contribution in [0.25, 0.3) is 0 Å². The Balaban J connectivity index is 1.84. The maximum atomic E-state index is 5.82. The molecule has 3 unspecified atom stereocenters. The highest BCUT2D eigenvalue weighted by atomic mass is 16.5. The average Bonchev–Trinajstić information content (AvgIpc) is 2.69. The Bertz CT molecular complexity index is 198. The van der Waals surface area contributed by atoms with Gasteiger partial charge in [0.25, 0.3) is 0 Å². The van der Waals surface area contributed by atoms with Crippen LogP contribution in [0.15, 0.2) is 0 Å². The van der Waals surface area contributed by atoms with Gasteiger partial charge in [-0.3, -0.25) is 4.90 Å². The van der Waals surface area contributed by atoms with Gasteiger partial charge in [0.15, 0.2) is 0 Å². The molecule has 0 aromatic heterocycles. The predicted octanol–water partition coefficient (Wildman–Crippen LogP) is 1.08. The number of ether oxygens (including phenoxy) is 1. The molecule has 88 valence electrons. The van der Waals surface area contributed by atoms with Gasteiger partial charge in [-0.25, -0.2) is 0 Å². The SMILES string of the molecule is CC1COCCN1CC1CCCC1CN. The van der Waals surface area contributed by atoms with Gasteiger partial charge in [-0.1, -0.05) is 6.42 Å². The summed E-state index contributed by atoms with van der Waals surface area (Å²) in [4.78, 5) is 2.59. The number of rotatable bonds is 3. The molecule has 15 heavy (non-hydrogen) atoms. The molecule has 3 atom stereocenters. The van der Waals surface area contributed by atoms with Crippen LogP contribution in [0.2, 0.25) is 0 Å². The minimum Gasteiger partial charge on any atom is -0.379 e. The molecular weight excluding hydrogens is 188 g/mol. The summed E-state index contributed by atoms with van der Waals surface area (Å²) in [6.07, 6.45) is 4.11. The van der Waals surface area contributed by atoms with E-state index in [9.17, 15) is 0 Å². The lowest BCUT2D eigenvalue weighted by Gasteiger charge is -2.36. The van der Waals surface area contributed by atoms with Crippen molar-refractivity contribution in [1.29, 1.82) is 0 Å². The lowest BCUT2D eigenvalue weighted by Crippen LogP contribution is -2.46. The second kappa shape index (κ2) is 5.28. The second-order valence-corrected chi connectivity index (χ2v) is 5.11. The monoisotopic (exact) mass is 212 g/mol. The Labute approximate surface area is 93.0 Å². The minimum atomic E-state index is 0.595. The molecule has 3 nitrogen and oxygen atoms in total. The van der Waals surface area contributed by atoms with Gasteiger partial charge in [0.2, 0.25) is 0 Å². The van der Waals surface area contributed by atoms with E-state index < -0.39 is 0 Å². The number of hydrogen-bond acceptors (Lipinski definition) is 3. The van der Waals surface area contributed by atoms with Crippen LogP contribution in [0.1, 0.15) is 26.2 Å². The molecule has 2 fully saturated rings. The predicted molar refractivity (Wildman–Crippen MR) is 61.7 cm³/mol. The van der Waals surface area contributed by atoms with Crippen LogP contribution in [0.3, 0.4) is 0 Å². The van der Waals surface area contributed by atoms with E-state index in [0.29, 0.717) is 6.04 Å². The molecule has 1 aliphatic carbocycles. The fraction of sp³-hybridized carbons (Fsp3) is 1.00. The molecule has 2 rings (SSSR count). The van der Waals surface area contributed by atoms with Crippen molar-refractivity contribution in [3.63, 3.8) is 0 Å². The zero-order valence-corrected chi connectivity index (χ0v) is 9.82. The van der Waals surface area contributed by atoms with Crippen molar-refractivity contribution in [2.45, 2.75) is 32.2 Å². The topological polar surface area (TPSA) is 38.5 Å². The summed E-state index contributed by atoms with van der Waals surface area (Å²) in [5.41, 5.74) is 5.82.